The number of carbonyl (C=O) groups excluding carboxylic acids is 3. The average Bonchev–Trinajstić information content (AvgIpc) is 3.76. The quantitative estimate of drug-likeness (QED) is 0.213. The number of hydrogen-bond acceptors (Lipinski definition) is 9. The number of aromatic nitrogens is 2. The maximum Gasteiger partial charge on any atom is 0.247 e. The molecular weight excluding hydrogens is 683 g/mol. The van der Waals surface area contributed by atoms with Crippen molar-refractivity contribution in [3.63, 3.8) is 0 Å². The Morgan fingerprint density at radius 1 is 1.12 bits per heavy atom. The number of nitrogens with one attached hydrogen (secondary N) is 4. The molecule has 2 aliphatic rings. The molecule has 0 aliphatic carbocycles. The van der Waals surface area contributed by atoms with Gasteiger partial charge in [-0.3, -0.25) is 14.4 Å². The molecule has 266 valence electrons. The molecule has 12 nitrogen and oxygen atoms in total. The summed E-state index contributed by atoms with van der Waals surface area (Å²) in [5.41, 5.74) is -0.0486. The smallest absolute Gasteiger partial charge is 0.247 e. The second-order valence-corrected chi connectivity index (χ2v) is 13.4. The highest BCUT2D eigenvalue weighted by Crippen LogP contribution is 2.36. The molecule has 49 heavy (non-hydrogen) atoms. The van der Waals surface area contributed by atoms with E-state index >= 15 is 0 Å². The summed E-state index contributed by atoms with van der Waals surface area (Å²) in [5, 5.41) is 11.3. The van der Waals surface area contributed by atoms with Crippen LogP contribution >= 0.6 is 24.0 Å². The zero-order chi connectivity index (χ0) is 34.7. The van der Waals surface area contributed by atoms with E-state index in [4.69, 9.17) is 21.1 Å². The van der Waals surface area contributed by atoms with Crippen molar-refractivity contribution in [2.75, 3.05) is 37.4 Å². The number of benzene rings is 2. The second kappa shape index (κ2) is 15.8. The first-order chi connectivity index (χ1) is 22.8. The number of ether oxygens (including phenoxy) is 2. The molecule has 3 heterocycles. The van der Waals surface area contributed by atoms with E-state index in [1.807, 2.05) is 20.8 Å². The maximum atomic E-state index is 14.8. The highest BCUT2D eigenvalue weighted by molar-refractivity contribution is 6.31. The Morgan fingerprint density at radius 2 is 1.88 bits per heavy atom. The van der Waals surface area contributed by atoms with Crippen LogP contribution in [0, 0.1) is 17.0 Å². The lowest BCUT2D eigenvalue weighted by atomic mass is 9.85. The monoisotopic (exact) mass is 723 g/mol. The van der Waals surface area contributed by atoms with Gasteiger partial charge in [0.1, 0.15) is 46.9 Å². The summed E-state index contributed by atoms with van der Waals surface area (Å²) in [5.74, 6) is -2.52. The Labute approximate surface area is 294 Å². The van der Waals surface area contributed by atoms with Gasteiger partial charge >= 0.3 is 0 Å². The largest absolute Gasteiger partial charge is 0.486 e. The van der Waals surface area contributed by atoms with Gasteiger partial charge in [0, 0.05) is 24.4 Å². The van der Waals surface area contributed by atoms with Crippen molar-refractivity contribution in [3.05, 3.63) is 47.2 Å². The molecule has 2 fully saturated rings. The Balaban J connectivity index is 0.00000541. The van der Waals surface area contributed by atoms with E-state index in [0.29, 0.717) is 55.7 Å². The van der Waals surface area contributed by atoms with Gasteiger partial charge in [0.25, 0.3) is 0 Å². The Bertz CT molecular complexity index is 1700. The fraction of sp³-hybridized carbons (Fsp3) is 0.485. The number of anilines is 3. The summed E-state index contributed by atoms with van der Waals surface area (Å²) in [6.45, 7) is 8.50. The molecule has 4 atom stereocenters. The number of rotatable bonds is 10. The highest BCUT2D eigenvalue weighted by Gasteiger charge is 2.42. The molecule has 4 N–H and O–H groups in total. The van der Waals surface area contributed by atoms with Crippen LogP contribution in [0.3, 0.4) is 0 Å². The fourth-order valence-electron chi connectivity index (χ4n) is 5.65. The lowest BCUT2D eigenvalue weighted by molar-refractivity contribution is -0.143. The van der Waals surface area contributed by atoms with Crippen LogP contribution in [0.2, 0.25) is 5.02 Å². The molecule has 2 aromatic carbocycles. The van der Waals surface area contributed by atoms with Crippen molar-refractivity contribution in [3.8, 4) is 5.75 Å². The van der Waals surface area contributed by atoms with E-state index < -0.39 is 46.1 Å². The van der Waals surface area contributed by atoms with Gasteiger partial charge in [-0.25, -0.2) is 18.7 Å². The Kier molecular flexibility index (Phi) is 12.2. The van der Waals surface area contributed by atoms with Crippen molar-refractivity contribution in [1.82, 2.24) is 25.5 Å². The van der Waals surface area contributed by atoms with E-state index in [2.05, 4.69) is 31.2 Å². The third-order valence-corrected chi connectivity index (χ3v) is 8.88. The topological polar surface area (TPSA) is 147 Å². The maximum absolute atomic E-state index is 14.8. The van der Waals surface area contributed by atoms with Gasteiger partial charge in [-0.05, 0) is 50.4 Å². The van der Waals surface area contributed by atoms with Gasteiger partial charge in [-0.15, -0.1) is 12.4 Å². The number of hydrogen-bond donors (Lipinski definition) is 4. The van der Waals surface area contributed by atoms with Gasteiger partial charge < -0.3 is 35.6 Å². The van der Waals surface area contributed by atoms with Crippen molar-refractivity contribution in [2.45, 2.75) is 71.2 Å². The van der Waals surface area contributed by atoms with Crippen molar-refractivity contribution in [2.24, 2.45) is 5.41 Å². The SMILES string of the molecule is CN[C@@H](C)C(=O)N[C@H](C(=O)N1CCC[C@H]1C(=O)Nc1cc2c(Nc3ccc(F)c(Cl)c3F)ncnc2cc1O[C@@H]1CCOC1)C(C)(C)C.Cl. The molecule has 3 amide bonds. The van der Waals surface area contributed by atoms with Crippen LogP contribution in [-0.4, -0.2) is 83.6 Å². The molecule has 2 aliphatic heterocycles. The molecule has 16 heteroatoms. The number of carbonyl (C=O) groups is 3. The average molecular weight is 725 g/mol. The summed E-state index contributed by atoms with van der Waals surface area (Å²) >= 11 is 5.79. The molecule has 5 rings (SSSR count). The summed E-state index contributed by atoms with van der Waals surface area (Å²) in [4.78, 5) is 50.8. The first-order valence-corrected chi connectivity index (χ1v) is 16.2. The molecule has 2 saturated heterocycles. The number of likely N-dealkylation sites (N-methyl/N-ethyl adjacent to an activating group) is 1. The minimum atomic E-state index is -0.991. The van der Waals surface area contributed by atoms with Crippen molar-refractivity contribution in [1.29, 1.82) is 0 Å². The van der Waals surface area contributed by atoms with Crippen LogP contribution in [0.4, 0.5) is 26.0 Å². The minimum absolute atomic E-state index is 0. The predicted molar refractivity (Wildman–Crippen MR) is 185 cm³/mol. The van der Waals surface area contributed by atoms with E-state index in [1.165, 1.54) is 17.3 Å². The van der Waals surface area contributed by atoms with E-state index in [0.717, 1.165) is 6.07 Å². The van der Waals surface area contributed by atoms with E-state index in [-0.39, 0.29) is 47.5 Å². The lowest BCUT2D eigenvalue weighted by Gasteiger charge is -2.36. The van der Waals surface area contributed by atoms with Crippen LogP contribution < -0.4 is 26.0 Å². The van der Waals surface area contributed by atoms with Gasteiger partial charge in [0.15, 0.2) is 5.82 Å². The first-order valence-electron chi connectivity index (χ1n) is 15.8. The van der Waals surface area contributed by atoms with Crippen LogP contribution in [0.25, 0.3) is 10.9 Å². The first kappa shape index (κ1) is 38.0. The third-order valence-electron chi connectivity index (χ3n) is 8.53. The molecule has 0 radical (unpaired) electrons. The van der Waals surface area contributed by atoms with Crippen molar-refractivity contribution >= 4 is 69.8 Å². The van der Waals surface area contributed by atoms with Crippen molar-refractivity contribution < 1.29 is 32.6 Å². The predicted octanol–water partition coefficient (Wildman–Crippen LogP) is 4.96. The van der Waals surface area contributed by atoms with Crippen LogP contribution in [0.5, 0.6) is 5.75 Å². The molecular formula is C33H41Cl2F2N7O5. The summed E-state index contributed by atoms with van der Waals surface area (Å²) in [7, 11) is 1.66. The number of halogens is 4. The van der Waals surface area contributed by atoms with Gasteiger partial charge in [0.05, 0.1) is 36.1 Å². The summed E-state index contributed by atoms with van der Waals surface area (Å²) in [6.07, 6.45) is 2.65. The van der Waals surface area contributed by atoms with E-state index in [1.54, 1.807) is 26.1 Å². The van der Waals surface area contributed by atoms with Gasteiger partial charge in [-0.1, -0.05) is 32.4 Å². The Hall–Kier alpha value is -3.85. The summed E-state index contributed by atoms with van der Waals surface area (Å²) < 4.78 is 40.3. The zero-order valence-electron chi connectivity index (χ0n) is 27.9. The molecule has 3 aromatic rings. The molecule has 0 bridgehead atoms. The summed E-state index contributed by atoms with van der Waals surface area (Å²) in [6, 6.07) is 3.25. The Morgan fingerprint density at radius 3 is 2.55 bits per heavy atom. The van der Waals surface area contributed by atoms with Crippen LogP contribution in [0.15, 0.2) is 30.6 Å². The number of likely N-dealkylation sites (tertiary alicyclic amines) is 1. The lowest BCUT2D eigenvalue weighted by Crippen LogP contribution is -2.59. The molecule has 0 unspecified atom stereocenters. The fourth-order valence-corrected chi connectivity index (χ4v) is 5.81. The van der Waals surface area contributed by atoms with Crippen LogP contribution in [-0.2, 0) is 19.1 Å². The van der Waals surface area contributed by atoms with E-state index in [9.17, 15) is 23.2 Å². The number of fused-ring (bicyclic) bond motifs is 1. The normalized spacial score (nSPS) is 18.8. The number of amides is 3. The molecule has 0 spiro atoms. The number of nitrogens with zero attached hydrogens (tertiary/aromatic N) is 3. The highest BCUT2D eigenvalue weighted by atomic mass is 35.5. The van der Waals surface area contributed by atoms with Gasteiger partial charge in [-0.2, -0.15) is 0 Å². The second-order valence-electron chi connectivity index (χ2n) is 13.0. The molecule has 0 saturated carbocycles. The van der Waals surface area contributed by atoms with Crippen LogP contribution in [0.1, 0.15) is 47.0 Å². The third kappa shape index (κ3) is 8.48. The molecule has 1 aromatic heterocycles. The standard InChI is InChI=1S/C33H40ClF2N7O5.ClH/c1-17(37-5)30(44)42-28(33(2,3)4)32(46)43-11-6-7-24(43)31(45)41-23-13-19-22(14-25(23)48-18-10-12-47-15-18)38-16-39-29(19)40-21-9-8-20(35)26(34)27(21)36;/h8-9,13-14,16-18,24,28,37H,6-7,10-12,15H2,1-5H3,(H,41,45)(H,42,44)(H,38,39,40);1H/t17-,18+,24-,28+;/m0./s1. The zero-order valence-corrected chi connectivity index (χ0v) is 29.4. The van der Waals surface area contributed by atoms with Gasteiger partial charge in [0.2, 0.25) is 17.7 Å². The minimum Gasteiger partial charge on any atom is -0.486 e.